The number of nitriles is 1. The lowest BCUT2D eigenvalue weighted by atomic mass is 10.1. The van der Waals surface area contributed by atoms with Crippen LogP contribution in [0.5, 0.6) is 0 Å². The van der Waals surface area contributed by atoms with Gasteiger partial charge >= 0.3 is 5.97 Å². The normalized spacial score (nSPS) is 12.9. The van der Waals surface area contributed by atoms with Crippen molar-refractivity contribution in [3.63, 3.8) is 0 Å². The Kier molecular flexibility index (Phi) is 5.89. The molecule has 0 spiro atoms. The Morgan fingerprint density at radius 3 is 2.57 bits per heavy atom. The van der Waals surface area contributed by atoms with E-state index >= 15 is 0 Å². The van der Waals surface area contributed by atoms with Gasteiger partial charge in [-0.15, -0.1) is 0 Å². The number of aliphatic carboxylic acids is 1. The Morgan fingerprint density at radius 1 is 1.48 bits per heavy atom. The molecular weight excluding hydrogens is 360 g/mol. The minimum atomic E-state index is -4.10. The Bertz CT molecular complexity index is 680. The van der Waals surface area contributed by atoms with E-state index in [1.807, 2.05) is 0 Å². The molecule has 0 aliphatic heterocycles. The minimum Gasteiger partial charge on any atom is -0.480 e. The van der Waals surface area contributed by atoms with Crippen molar-refractivity contribution in [2.45, 2.75) is 31.2 Å². The van der Waals surface area contributed by atoms with Crippen LogP contribution in [-0.4, -0.2) is 25.5 Å². The van der Waals surface area contributed by atoms with Gasteiger partial charge in [0.15, 0.2) is 0 Å². The van der Waals surface area contributed by atoms with Crippen molar-refractivity contribution >= 4 is 31.9 Å². The van der Waals surface area contributed by atoms with Gasteiger partial charge in [-0.1, -0.05) is 29.8 Å². The Balaban J connectivity index is 3.20. The molecule has 0 heterocycles. The Hall–Kier alpha value is -1.43. The summed E-state index contributed by atoms with van der Waals surface area (Å²) in [5.74, 6) is -1.24. The van der Waals surface area contributed by atoms with Gasteiger partial charge in [-0.2, -0.15) is 9.98 Å². The zero-order valence-corrected chi connectivity index (χ0v) is 13.9. The Morgan fingerprint density at radius 2 is 2.10 bits per heavy atom. The molecule has 0 radical (unpaired) electrons. The summed E-state index contributed by atoms with van der Waals surface area (Å²) >= 11 is 3.14. The molecule has 0 saturated carbocycles. The van der Waals surface area contributed by atoms with Crippen LogP contribution in [0, 0.1) is 17.2 Å². The predicted molar refractivity (Wildman–Crippen MR) is 80.1 cm³/mol. The maximum absolute atomic E-state index is 12.3. The van der Waals surface area contributed by atoms with E-state index in [4.69, 9.17) is 10.4 Å². The molecule has 114 valence electrons. The highest BCUT2D eigenvalue weighted by Crippen LogP contribution is 2.21. The highest BCUT2D eigenvalue weighted by atomic mass is 79.9. The summed E-state index contributed by atoms with van der Waals surface area (Å²) in [5, 5.41) is 18.1. The molecule has 1 aromatic rings. The first-order valence-electron chi connectivity index (χ1n) is 6.12. The zero-order chi connectivity index (χ0) is 16.2. The van der Waals surface area contributed by atoms with E-state index < -0.39 is 22.0 Å². The van der Waals surface area contributed by atoms with Crippen LogP contribution in [0.25, 0.3) is 0 Å². The van der Waals surface area contributed by atoms with E-state index in [0.717, 1.165) is 0 Å². The van der Waals surface area contributed by atoms with Crippen molar-refractivity contribution in [3.8, 4) is 6.07 Å². The van der Waals surface area contributed by atoms with Crippen LogP contribution in [0.4, 0.5) is 0 Å². The molecule has 1 atom stereocenters. The standard InChI is InChI=1S/C13H15BrN2O4S/c1-8(2)5-11(13(17)18)16-21(19,20)12-6-10(14)4-3-9(12)7-15/h3-4,6,8,11,16H,5H2,1-2H3,(H,17,18). The molecule has 0 bridgehead atoms. The first kappa shape index (κ1) is 17.6. The maximum atomic E-state index is 12.3. The SMILES string of the molecule is CC(C)CC(NS(=O)(=O)c1cc(Br)ccc1C#N)C(=O)O. The van der Waals surface area contributed by atoms with Crippen molar-refractivity contribution < 1.29 is 18.3 Å². The molecule has 21 heavy (non-hydrogen) atoms. The summed E-state index contributed by atoms with van der Waals surface area (Å²) in [5.41, 5.74) is -0.0422. The lowest BCUT2D eigenvalue weighted by molar-refractivity contribution is -0.139. The lowest BCUT2D eigenvalue weighted by Gasteiger charge is -2.17. The van der Waals surface area contributed by atoms with Crippen molar-refractivity contribution in [2.75, 3.05) is 0 Å². The molecule has 0 aliphatic carbocycles. The van der Waals surface area contributed by atoms with Gasteiger partial charge in [-0.05, 0) is 30.5 Å². The van der Waals surface area contributed by atoms with Crippen LogP contribution in [0.15, 0.2) is 27.6 Å². The van der Waals surface area contributed by atoms with Gasteiger partial charge in [0, 0.05) is 4.47 Å². The fourth-order valence-corrected chi connectivity index (χ4v) is 3.63. The van der Waals surface area contributed by atoms with Gasteiger partial charge < -0.3 is 5.11 Å². The molecule has 2 N–H and O–H groups in total. The summed E-state index contributed by atoms with van der Waals surface area (Å²) in [7, 11) is -4.10. The topological polar surface area (TPSA) is 107 Å². The number of halogens is 1. The van der Waals surface area contributed by atoms with Crippen LogP contribution >= 0.6 is 15.9 Å². The molecule has 0 amide bonds. The molecule has 0 aromatic heterocycles. The van der Waals surface area contributed by atoms with Gasteiger partial charge in [0.25, 0.3) is 0 Å². The summed E-state index contributed by atoms with van der Waals surface area (Å²) in [6, 6.07) is 4.72. The summed E-state index contributed by atoms with van der Waals surface area (Å²) in [6.45, 7) is 3.59. The fourth-order valence-electron chi connectivity index (χ4n) is 1.73. The quantitative estimate of drug-likeness (QED) is 0.792. The molecule has 1 unspecified atom stereocenters. The lowest BCUT2D eigenvalue weighted by Crippen LogP contribution is -2.41. The highest BCUT2D eigenvalue weighted by molar-refractivity contribution is 9.10. The number of carboxylic acid groups (broad SMARTS) is 1. The van der Waals surface area contributed by atoms with Crippen molar-refractivity contribution in [1.29, 1.82) is 5.26 Å². The van der Waals surface area contributed by atoms with Crippen molar-refractivity contribution in [1.82, 2.24) is 4.72 Å². The predicted octanol–water partition coefficient (Wildman–Crippen LogP) is 2.10. The highest BCUT2D eigenvalue weighted by Gasteiger charge is 2.27. The zero-order valence-electron chi connectivity index (χ0n) is 11.5. The van der Waals surface area contributed by atoms with Crippen LogP contribution in [0.1, 0.15) is 25.8 Å². The van der Waals surface area contributed by atoms with E-state index in [-0.39, 0.29) is 22.8 Å². The second-order valence-electron chi connectivity index (χ2n) is 4.89. The monoisotopic (exact) mass is 374 g/mol. The smallest absolute Gasteiger partial charge is 0.321 e. The maximum Gasteiger partial charge on any atom is 0.321 e. The van der Waals surface area contributed by atoms with E-state index in [9.17, 15) is 13.2 Å². The molecule has 0 aliphatic rings. The van der Waals surface area contributed by atoms with Gasteiger partial charge in [-0.3, -0.25) is 4.79 Å². The average molecular weight is 375 g/mol. The first-order valence-corrected chi connectivity index (χ1v) is 8.39. The minimum absolute atomic E-state index is 0.00625. The van der Waals surface area contributed by atoms with E-state index in [1.165, 1.54) is 12.1 Å². The molecule has 1 rings (SSSR count). The second kappa shape index (κ2) is 7.02. The third-order valence-corrected chi connectivity index (χ3v) is 4.66. The number of nitrogens with one attached hydrogen (secondary N) is 1. The van der Waals surface area contributed by atoms with Gasteiger partial charge in [0.1, 0.15) is 17.0 Å². The fraction of sp³-hybridized carbons (Fsp3) is 0.385. The number of benzene rings is 1. The molecular formula is C13H15BrN2O4S. The molecule has 1 aromatic carbocycles. The number of rotatable bonds is 6. The number of sulfonamides is 1. The number of hydrogen-bond acceptors (Lipinski definition) is 4. The molecule has 0 saturated heterocycles. The Labute approximate surface area is 132 Å². The van der Waals surface area contributed by atoms with E-state index in [2.05, 4.69) is 20.7 Å². The third-order valence-electron chi connectivity index (χ3n) is 2.66. The number of nitrogens with zero attached hydrogens (tertiary/aromatic N) is 1. The van der Waals surface area contributed by atoms with Crippen molar-refractivity contribution in [2.24, 2.45) is 5.92 Å². The molecule has 6 nitrogen and oxygen atoms in total. The first-order chi connectivity index (χ1) is 9.67. The molecule has 0 fully saturated rings. The second-order valence-corrected chi connectivity index (χ2v) is 7.49. The van der Waals surface area contributed by atoms with Crippen molar-refractivity contribution in [3.05, 3.63) is 28.2 Å². The number of hydrogen-bond donors (Lipinski definition) is 2. The van der Waals surface area contributed by atoms with Crippen LogP contribution in [0.2, 0.25) is 0 Å². The summed E-state index contributed by atoms with van der Waals surface area (Å²) in [6.07, 6.45) is 0.157. The summed E-state index contributed by atoms with van der Waals surface area (Å²) in [4.78, 5) is 10.9. The largest absolute Gasteiger partial charge is 0.480 e. The van der Waals surface area contributed by atoms with E-state index in [0.29, 0.717) is 4.47 Å². The van der Waals surface area contributed by atoms with Gasteiger partial charge in [0.2, 0.25) is 10.0 Å². The van der Waals surface area contributed by atoms with E-state index in [1.54, 1.807) is 26.0 Å². The molecule has 8 heteroatoms. The average Bonchev–Trinajstić information content (AvgIpc) is 2.37. The van der Waals surface area contributed by atoms with Crippen LogP contribution in [-0.2, 0) is 14.8 Å². The summed E-state index contributed by atoms with van der Waals surface area (Å²) < 4.78 is 27.3. The number of carboxylic acids is 1. The third kappa shape index (κ3) is 4.81. The van der Waals surface area contributed by atoms with Crippen LogP contribution in [0.3, 0.4) is 0 Å². The van der Waals surface area contributed by atoms with Gasteiger partial charge in [-0.25, -0.2) is 8.42 Å². The number of carbonyl (C=O) groups is 1. The van der Waals surface area contributed by atoms with Crippen LogP contribution < -0.4 is 4.72 Å². The van der Waals surface area contributed by atoms with Gasteiger partial charge in [0.05, 0.1) is 5.56 Å².